The summed E-state index contributed by atoms with van der Waals surface area (Å²) in [5, 5.41) is 10.2. The SMILES string of the molecule is CCOc1cc(/C=C(\C#N)C(=O)N2CCCC2)cc(I)c1OCc1ccccc1Cl. The van der Waals surface area contributed by atoms with Crippen LogP contribution in [0.3, 0.4) is 0 Å². The summed E-state index contributed by atoms with van der Waals surface area (Å²) >= 11 is 8.40. The van der Waals surface area contributed by atoms with E-state index in [2.05, 4.69) is 22.6 Å². The van der Waals surface area contributed by atoms with Gasteiger partial charge in [0.25, 0.3) is 5.91 Å². The van der Waals surface area contributed by atoms with Gasteiger partial charge in [0, 0.05) is 23.7 Å². The van der Waals surface area contributed by atoms with Gasteiger partial charge in [0.05, 0.1) is 10.2 Å². The Morgan fingerprint density at radius 2 is 2.00 bits per heavy atom. The molecule has 0 aliphatic carbocycles. The van der Waals surface area contributed by atoms with Crippen LogP contribution in [0.15, 0.2) is 42.0 Å². The van der Waals surface area contributed by atoms with Crippen LogP contribution in [0.25, 0.3) is 6.08 Å². The van der Waals surface area contributed by atoms with Crippen LogP contribution >= 0.6 is 34.2 Å². The highest BCUT2D eigenvalue weighted by atomic mass is 127. The average molecular weight is 537 g/mol. The first-order chi connectivity index (χ1) is 14.5. The number of halogens is 2. The lowest BCUT2D eigenvalue weighted by atomic mass is 10.1. The fourth-order valence-electron chi connectivity index (χ4n) is 3.24. The summed E-state index contributed by atoms with van der Waals surface area (Å²) in [6, 6.07) is 13.2. The van der Waals surface area contributed by atoms with Gasteiger partial charge in [0.15, 0.2) is 11.5 Å². The van der Waals surface area contributed by atoms with Gasteiger partial charge in [-0.1, -0.05) is 29.8 Å². The van der Waals surface area contributed by atoms with Crippen molar-refractivity contribution in [3.05, 3.63) is 61.7 Å². The number of likely N-dealkylation sites (tertiary alicyclic amines) is 1. The second-order valence-corrected chi connectivity index (χ2v) is 8.38. The molecule has 0 atom stereocenters. The number of hydrogen-bond acceptors (Lipinski definition) is 4. The van der Waals surface area contributed by atoms with Gasteiger partial charge < -0.3 is 14.4 Å². The summed E-state index contributed by atoms with van der Waals surface area (Å²) in [4.78, 5) is 14.3. The third-order valence-electron chi connectivity index (χ3n) is 4.72. The molecular formula is C23H22ClIN2O3. The Morgan fingerprint density at radius 1 is 1.27 bits per heavy atom. The van der Waals surface area contributed by atoms with Crippen LogP contribution < -0.4 is 9.47 Å². The van der Waals surface area contributed by atoms with Crippen molar-refractivity contribution in [3.63, 3.8) is 0 Å². The molecule has 1 saturated heterocycles. The van der Waals surface area contributed by atoms with E-state index in [4.69, 9.17) is 21.1 Å². The smallest absolute Gasteiger partial charge is 0.264 e. The first-order valence-electron chi connectivity index (χ1n) is 9.77. The van der Waals surface area contributed by atoms with E-state index >= 15 is 0 Å². The predicted molar refractivity (Wildman–Crippen MR) is 126 cm³/mol. The maximum atomic E-state index is 12.6. The number of nitriles is 1. The maximum Gasteiger partial charge on any atom is 0.264 e. The van der Waals surface area contributed by atoms with Crippen molar-refractivity contribution >= 4 is 46.2 Å². The summed E-state index contributed by atoms with van der Waals surface area (Å²) in [6.45, 7) is 4.07. The topological polar surface area (TPSA) is 62.6 Å². The van der Waals surface area contributed by atoms with Crippen molar-refractivity contribution in [1.29, 1.82) is 5.26 Å². The third-order valence-corrected chi connectivity index (χ3v) is 5.89. The van der Waals surface area contributed by atoms with Crippen LogP contribution in [0.1, 0.15) is 30.9 Å². The van der Waals surface area contributed by atoms with Crippen LogP contribution in [0.4, 0.5) is 0 Å². The van der Waals surface area contributed by atoms with Gasteiger partial charge in [0.1, 0.15) is 18.2 Å². The summed E-state index contributed by atoms with van der Waals surface area (Å²) in [6.07, 6.45) is 3.58. The van der Waals surface area contributed by atoms with E-state index in [1.54, 1.807) is 17.0 Å². The van der Waals surface area contributed by atoms with E-state index < -0.39 is 0 Å². The fraction of sp³-hybridized carbons (Fsp3) is 0.304. The molecule has 1 aliphatic rings. The number of ether oxygens (including phenoxy) is 2. The van der Waals surface area contributed by atoms with E-state index in [1.165, 1.54) is 0 Å². The van der Waals surface area contributed by atoms with Crippen LogP contribution in [-0.2, 0) is 11.4 Å². The Morgan fingerprint density at radius 3 is 2.67 bits per heavy atom. The van der Waals surface area contributed by atoms with E-state index in [0.717, 1.165) is 27.5 Å². The number of hydrogen-bond donors (Lipinski definition) is 0. The number of carbonyl (C=O) groups excluding carboxylic acids is 1. The summed E-state index contributed by atoms with van der Waals surface area (Å²) in [5.41, 5.74) is 1.72. The first-order valence-corrected chi connectivity index (χ1v) is 11.2. The molecule has 1 aliphatic heterocycles. The quantitative estimate of drug-likeness (QED) is 0.268. The van der Waals surface area contributed by atoms with Crippen molar-refractivity contribution < 1.29 is 14.3 Å². The minimum absolute atomic E-state index is 0.125. The molecule has 3 rings (SSSR count). The number of nitrogens with zero attached hydrogens (tertiary/aromatic N) is 2. The van der Waals surface area contributed by atoms with Crippen molar-refractivity contribution in [1.82, 2.24) is 4.90 Å². The second kappa shape index (κ2) is 10.7. The van der Waals surface area contributed by atoms with Gasteiger partial charge >= 0.3 is 0 Å². The van der Waals surface area contributed by atoms with Crippen LogP contribution in [0, 0.1) is 14.9 Å². The Balaban J connectivity index is 1.87. The average Bonchev–Trinajstić information content (AvgIpc) is 3.27. The lowest BCUT2D eigenvalue weighted by Crippen LogP contribution is -2.28. The van der Waals surface area contributed by atoms with Gasteiger partial charge in [-0.3, -0.25) is 4.79 Å². The van der Waals surface area contributed by atoms with Crippen molar-refractivity contribution in [2.75, 3.05) is 19.7 Å². The summed E-state index contributed by atoms with van der Waals surface area (Å²) in [5.74, 6) is 0.953. The van der Waals surface area contributed by atoms with Crippen LogP contribution in [0.5, 0.6) is 11.5 Å². The van der Waals surface area contributed by atoms with Gasteiger partial charge in [0.2, 0.25) is 0 Å². The highest BCUT2D eigenvalue weighted by Gasteiger charge is 2.22. The molecule has 2 aromatic carbocycles. The molecular weight excluding hydrogens is 515 g/mol. The molecule has 0 unspecified atom stereocenters. The Kier molecular flexibility index (Phi) is 8.00. The highest BCUT2D eigenvalue weighted by molar-refractivity contribution is 14.1. The molecule has 0 radical (unpaired) electrons. The molecule has 1 fully saturated rings. The van der Waals surface area contributed by atoms with E-state index in [1.807, 2.05) is 43.3 Å². The minimum atomic E-state index is -0.220. The Hall–Kier alpha value is -2.24. The Bertz CT molecular complexity index is 994. The lowest BCUT2D eigenvalue weighted by molar-refractivity contribution is -0.125. The molecule has 30 heavy (non-hydrogen) atoms. The maximum absolute atomic E-state index is 12.6. The fourth-order valence-corrected chi connectivity index (χ4v) is 4.21. The van der Waals surface area contributed by atoms with E-state index in [9.17, 15) is 10.1 Å². The molecule has 5 nitrogen and oxygen atoms in total. The largest absolute Gasteiger partial charge is 0.490 e. The van der Waals surface area contributed by atoms with Crippen molar-refractivity contribution in [3.8, 4) is 17.6 Å². The monoisotopic (exact) mass is 536 g/mol. The molecule has 0 bridgehead atoms. The summed E-state index contributed by atoms with van der Waals surface area (Å²) < 4.78 is 12.6. The Labute approximate surface area is 195 Å². The zero-order chi connectivity index (χ0) is 21.5. The zero-order valence-electron chi connectivity index (χ0n) is 16.7. The minimum Gasteiger partial charge on any atom is -0.490 e. The number of amides is 1. The number of carbonyl (C=O) groups is 1. The van der Waals surface area contributed by atoms with Crippen LogP contribution in [0.2, 0.25) is 5.02 Å². The molecule has 2 aromatic rings. The van der Waals surface area contributed by atoms with Crippen molar-refractivity contribution in [2.24, 2.45) is 0 Å². The molecule has 7 heteroatoms. The van der Waals surface area contributed by atoms with Gasteiger partial charge in [-0.05, 0) is 72.2 Å². The zero-order valence-corrected chi connectivity index (χ0v) is 19.6. The molecule has 0 spiro atoms. The molecule has 156 valence electrons. The standard InChI is InChI=1S/C23H22ClIN2O3/c1-2-29-21-13-16(11-18(14-26)23(28)27-9-5-6-10-27)12-20(25)22(21)30-15-17-7-3-4-8-19(17)24/h3-4,7-8,11-13H,2,5-6,9-10,15H2,1H3/b18-11+. The third kappa shape index (κ3) is 5.46. The highest BCUT2D eigenvalue weighted by Crippen LogP contribution is 2.36. The van der Waals surface area contributed by atoms with Gasteiger partial charge in [-0.25, -0.2) is 0 Å². The second-order valence-electron chi connectivity index (χ2n) is 6.81. The number of benzene rings is 2. The molecule has 0 aromatic heterocycles. The van der Waals surface area contributed by atoms with E-state index in [-0.39, 0.29) is 11.5 Å². The molecule has 0 N–H and O–H groups in total. The molecule has 0 saturated carbocycles. The lowest BCUT2D eigenvalue weighted by Gasteiger charge is -2.16. The van der Waals surface area contributed by atoms with Crippen LogP contribution in [-0.4, -0.2) is 30.5 Å². The van der Waals surface area contributed by atoms with E-state index in [0.29, 0.717) is 42.8 Å². The molecule has 1 heterocycles. The normalized spacial score (nSPS) is 13.8. The predicted octanol–water partition coefficient (Wildman–Crippen LogP) is 5.45. The summed E-state index contributed by atoms with van der Waals surface area (Å²) in [7, 11) is 0. The number of rotatable bonds is 7. The van der Waals surface area contributed by atoms with Crippen molar-refractivity contribution in [2.45, 2.75) is 26.4 Å². The van der Waals surface area contributed by atoms with Gasteiger partial charge in [-0.15, -0.1) is 0 Å². The molecule has 1 amide bonds. The first kappa shape index (κ1) is 22.4. The van der Waals surface area contributed by atoms with Gasteiger partial charge in [-0.2, -0.15) is 5.26 Å².